The van der Waals surface area contributed by atoms with Crippen LogP contribution in [0.3, 0.4) is 0 Å². The molecule has 1 aromatic carbocycles. The highest BCUT2D eigenvalue weighted by atomic mass is 32.1. The van der Waals surface area contributed by atoms with Crippen LogP contribution in [0.1, 0.15) is 48.0 Å². The number of thiophene rings is 1. The minimum atomic E-state index is -0.409. The van der Waals surface area contributed by atoms with Gasteiger partial charge in [0.25, 0.3) is 0 Å². The highest BCUT2D eigenvalue weighted by Gasteiger charge is 2.28. The number of rotatable bonds is 10. The molecule has 0 atom stereocenters. The molecular weight excluding hydrogens is 456 g/mol. The van der Waals surface area contributed by atoms with E-state index in [2.05, 4.69) is 16.0 Å². The van der Waals surface area contributed by atoms with E-state index in [0.717, 1.165) is 29.7 Å². The first-order valence-corrected chi connectivity index (χ1v) is 12.1. The van der Waals surface area contributed by atoms with Gasteiger partial charge >= 0.3 is 5.97 Å². The fourth-order valence-electron chi connectivity index (χ4n) is 3.80. The van der Waals surface area contributed by atoms with Gasteiger partial charge < -0.3 is 20.7 Å². The third-order valence-electron chi connectivity index (χ3n) is 5.32. The Morgan fingerprint density at radius 2 is 1.56 bits per heavy atom. The highest BCUT2D eigenvalue weighted by molar-refractivity contribution is 7.17. The number of nitrogens with zero attached hydrogens (tertiary/aromatic N) is 1. The van der Waals surface area contributed by atoms with Crippen molar-refractivity contribution in [1.29, 1.82) is 0 Å². The second-order valence-electron chi connectivity index (χ2n) is 7.94. The van der Waals surface area contributed by atoms with Crippen LogP contribution in [0.4, 0.5) is 16.4 Å². The lowest BCUT2D eigenvalue weighted by Gasteiger charge is -2.19. The number of carbonyl (C=O) groups is 4. The molecule has 3 amide bonds. The van der Waals surface area contributed by atoms with Crippen molar-refractivity contribution >= 4 is 51.4 Å². The van der Waals surface area contributed by atoms with Crippen LogP contribution < -0.4 is 16.0 Å². The second-order valence-corrected chi connectivity index (χ2v) is 9.05. The van der Waals surface area contributed by atoms with Gasteiger partial charge in [-0.25, -0.2) is 4.79 Å². The monoisotopic (exact) mass is 486 g/mol. The Morgan fingerprint density at radius 1 is 0.941 bits per heavy atom. The molecule has 0 fully saturated rings. The highest BCUT2D eigenvalue weighted by Crippen LogP contribution is 2.39. The van der Waals surface area contributed by atoms with Crippen LogP contribution in [0.2, 0.25) is 0 Å². The number of benzene rings is 1. The van der Waals surface area contributed by atoms with Crippen molar-refractivity contribution in [2.45, 2.75) is 40.0 Å². The molecule has 34 heavy (non-hydrogen) atoms. The first-order chi connectivity index (χ1) is 16.3. The summed E-state index contributed by atoms with van der Waals surface area (Å²) in [4.78, 5) is 51.7. The summed E-state index contributed by atoms with van der Waals surface area (Å²) in [5.74, 6) is -1.13. The van der Waals surface area contributed by atoms with E-state index in [4.69, 9.17) is 4.74 Å². The van der Waals surface area contributed by atoms with Crippen LogP contribution in [0, 0.1) is 0 Å². The average molecular weight is 487 g/mol. The molecule has 0 saturated heterocycles. The quantitative estimate of drug-likeness (QED) is 0.444. The van der Waals surface area contributed by atoms with Gasteiger partial charge in [0.05, 0.1) is 25.3 Å². The number of carbonyl (C=O) groups excluding carboxylic acids is 4. The largest absolute Gasteiger partial charge is 0.462 e. The zero-order valence-electron chi connectivity index (χ0n) is 19.7. The Kier molecular flexibility index (Phi) is 8.78. The van der Waals surface area contributed by atoms with Gasteiger partial charge in [0.15, 0.2) is 0 Å². The SMILES string of the molecule is CCOC(=O)c1c(NC(=O)CN(CC)CC(=O)Nc2ccc(NC(C)=O)cc2)sc2c1CCC2. The lowest BCUT2D eigenvalue weighted by molar-refractivity contribution is -0.120. The molecule has 0 spiro atoms. The molecule has 3 rings (SSSR count). The minimum Gasteiger partial charge on any atom is -0.462 e. The molecule has 9 nitrogen and oxygen atoms in total. The molecule has 0 bridgehead atoms. The van der Waals surface area contributed by atoms with Crippen LogP contribution in [0.5, 0.6) is 0 Å². The molecule has 0 unspecified atom stereocenters. The summed E-state index contributed by atoms with van der Waals surface area (Å²) >= 11 is 1.43. The topological polar surface area (TPSA) is 117 Å². The molecule has 182 valence electrons. The van der Waals surface area contributed by atoms with Gasteiger partial charge in [-0.3, -0.25) is 19.3 Å². The lowest BCUT2D eigenvalue weighted by atomic mass is 10.1. The Labute approximate surface area is 202 Å². The summed E-state index contributed by atoms with van der Waals surface area (Å²) in [7, 11) is 0. The Morgan fingerprint density at radius 3 is 2.15 bits per heavy atom. The number of hydrogen-bond acceptors (Lipinski definition) is 7. The van der Waals surface area contributed by atoms with Crippen molar-refractivity contribution < 1.29 is 23.9 Å². The first-order valence-electron chi connectivity index (χ1n) is 11.3. The van der Waals surface area contributed by atoms with E-state index in [-0.39, 0.29) is 37.4 Å². The Balaban J connectivity index is 1.57. The number of esters is 1. The second kappa shape index (κ2) is 11.8. The molecule has 0 radical (unpaired) electrons. The van der Waals surface area contributed by atoms with Crippen LogP contribution in [-0.2, 0) is 32.0 Å². The van der Waals surface area contributed by atoms with Gasteiger partial charge in [-0.05, 0) is 62.6 Å². The van der Waals surface area contributed by atoms with Crippen LogP contribution in [0.25, 0.3) is 0 Å². The Bertz CT molecular complexity index is 1060. The van der Waals surface area contributed by atoms with Gasteiger partial charge in [-0.2, -0.15) is 0 Å². The van der Waals surface area contributed by atoms with E-state index >= 15 is 0 Å². The molecule has 3 N–H and O–H groups in total. The summed E-state index contributed by atoms with van der Waals surface area (Å²) in [6, 6.07) is 6.78. The number of ether oxygens (including phenoxy) is 1. The minimum absolute atomic E-state index is 0.0101. The number of likely N-dealkylation sites (N-methyl/N-ethyl adjacent to an activating group) is 1. The number of aryl methyl sites for hydroxylation is 1. The molecule has 0 saturated carbocycles. The van der Waals surface area contributed by atoms with Gasteiger partial charge in [0.1, 0.15) is 5.00 Å². The van der Waals surface area contributed by atoms with E-state index in [1.165, 1.54) is 18.3 Å². The fourth-order valence-corrected chi connectivity index (χ4v) is 5.10. The maximum Gasteiger partial charge on any atom is 0.341 e. The predicted octanol–water partition coefficient (Wildman–Crippen LogP) is 3.27. The van der Waals surface area contributed by atoms with E-state index in [1.54, 1.807) is 36.1 Å². The predicted molar refractivity (Wildman–Crippen MR) is 132 cm³/mol. The lowest BCUT2D eigenvalue weighted by Crippen LogP contribution is -2.38. The fraction of sp³-hybridized carbons (Fsp3) is 0.417. The van der Waals surface area contributed by atoms with Gasteiger partial charge in [-0.15, -0.1) is 11.3 Å². The van der Waals surface area contributed by atoms with Crippen LogP contribution >= 0.6 is 11.3 Å². The molecular formula is C24H30N4O5S. The van der Waals surface area contributed by atoms with Crippen molar-refractivity contribution in [1.82, 2.24) is 4.90 Å². The third-order valence-corrected chi connectivity index (χ3v) is 6.53. The van der Waals surface area contributed by atoms with E-state index in [9.17, 15) is 19.2 Å². The molecule has 1 aliphatic carbocycles. The van der Waals surface area contributed by atoms with Gasteiger partial charge in [-0.1, -0.05) is 6.92 Å². The van der Waals surface area contributed by atoms with Crippen molar-refractivity contribution in [3.8, 4) is 0 Å². The Hall–Kier alpha value is -3.24. The van der Waals surface area contributed by atoms with Crippen molar-refractivity contribution in [2.24, 2.45) is 0 Å². The van der Waals surface area contributed by atoms with Gasteiger partial charge in [0, 0.05) is 23.2 Å². The number of hydrogen-bond donors (Lipinski definition) is 3. The molecule has 1 aromatic heterocycles. The molecule has 1 heterocycles. The number of anilines is 3. The summed E-state index contributed by atoms with van der Waals surface area (Å²) in [5.41, 5.74) is 2.68. The van der Waals surface area contributed by atoms with E-state index in [0.29, 0.717) is 28.5 Å². The number of fused-ring (bicyclic) bond motifs is 1. The summed E-state index contributed by atoms with van der Waals surface area (Å²) in [5, 5.41) is 8.84. The van der Waals surface area contributed by atoms with E-state index < -0.39 is 5.97 Å². The van der Waals surface area contributed by atoms with Crippen molar-refractivity contribution in [3.63, 3.8) is 0 Å². The van der Waals surface area contributed by atoms with Crippen LogP contribution in [-0.4, -0.2) is 54.8 Å². The molecule has 1 aliphatic rings. The van der Waals surface area contributed by atoms with Gasteiger partial charge in [0.2, 0.25) is 17.7 Å². The summed E-state index contributed by atoms with van der Waals surface area (Å²) in [6.45, 7) is 5.85. The maximum absolute atomic E-state index is 12.7. The first kappa shape index (κ1) is 25.4. The number of nitrogens with one attached hydrogen (secondary N) is 3. The van der Waals surface area contributed by atoms with Crippen molar-refractivity contribution in [3.05, 3.63) is 40.3 Å². The molecule has 10 heteroatoms. The van der Waals surface area contributed by atoms with E-state index in [1.807, 2.05) is 6.92 Å². The smallest absolute Gasteiger partial charge is 0.341 e. The molecule has 0 aliphatic heterocycles. The zero-order chi connectivity index (χ0) is 24.7. The third kappa shape index (κ3) is 6.64. The maximum atomic E-state index is 12.7. The summed E-state index contributed by atoms with van der Waals surface area (Å²) in [6.07, 6.45) is 2.70. The standard InChI is InChI=1S/C24H30N4O5S/c1-4-28(13-20(30)26-17-11-9-16(10-12-17)25-15(3)29)14-21(31)27-23-22(24(32)33-5-2)18-7-6-8-19(18)34-23/h9-12H,4-8,13-14H2,1-3H3,(H,25,29)(H,26,30)(H,27,31). The van der Waals surface area contributed by atoms with Crippen LogP contribution in [0.15, 0.2) is 24.3 Å². The number of amides is 3. The average Bonchev–Trinajstić information content (AvgIpc) is 3.35. The van der Waals surface area contributed by atoms with Crippen molar-refractivity contribution in [2.75, 3.05) is 42.2 Å². The normalized spacial score (nSPS) is 12.2. The summed E-state index contributed by atoms with van der Waals surface area (Å²) < 4.78 is 5.20. The zero-order valence-corrected chi connectivity index (χ0v) is 20.5. The molecule has 2 aromatic rings.